The van der Waals surface area contributed by atoms with E-state index in [1.54, 1.807) is 11.3 Å². The summed E-state index contributed by atoms with van der Waals surface area (Å²) in [5, 5.41) is 5.60. The van der Waals surface area contributed by atoms with Crippen LogP contribution in [0, 0.1) is 6.92 Å². The lowest BCUT2D eigenvalue weighted by molar-refractivity contribution is 0.582. The average molecular weight is 232 g/mol. The van der Waals surface area contributed by atoms with Crippen molar-refractivity contribution in [1.29, 1.82) is 0 Å². The molecule has 0 saturated carbocycles. The Morgan fingerprint density at radius 2 is 2.25 bits per heavy atom. The van der Waals surface area contributed by atoms with E-state index in [1.807, 2.05) is 19.2 Å². The van der Waals surface area contributed by atoms with Crippen LogP contribution in [0.25, 0.3) is 0 Å². The summed E-state index contributed by atoms with van der Waals surface area (Å²) in [7, 11) is 0. The summed E-state index contributed by atoms with van der Waals surface area (Å²) in [5.41, 5.74) is 2.30. The van der Waals surface area contributed by atoms with E-state index >= 15 is 0 Å². The first kappa shape index (κ1) is 11.3. The molecule has 0 saturated heterocycles. The van der Waals surface area contributed by atoms with Gasteiger partial charge in [-0.1, -0.05) is 12.1 Å². The lowest BCUT2D eigenvalue weighted by atomic mass is 10.2. The van der Waals surface area contributed by atoms with Crippen LogP contribution in [0.2, 0.25) is 0 Å². The van der Waals surface area contributed by atoms with Gasteiger partial charge in [-0.2, -0.15) is 0 Å². The minimum atomic E-state index is 0.404. The molecule has 2 aromatic heterocycles. The Morgan fingerprint density at radius 3 is 2.88 bits per heavy atom. The molecule has 0 bridgehead atoms. The maximum atomic E-state index is 4.28. The van der Waals surface area contributed by atoms with E-state index in [1.165, 1.54) is 10.4 Å². The van der Waals surface area contributed by atoms with Crippen molar-refractivity contribution in [1.82, 2.24) is 10.3 Å². The number of hydrogen-bond donors (Lipinski definition) is 1. The second-order valence-electron chi connectivity index (χ2n) is 3.93. The molecule has 0 aromatic carbocycles. The molecule has 1 N–H and O–H groups in total. The molecule has 0 fully saturated rings. The number of pyridine rings is 1. The maximum absolute atomic E-state index is 4.28. The largest absolute Gasteiger partial charge is 0.305 e. The first-order valence-electron chi connectivity index (χ1n) is 5.44. The third-order valence-electron chi connectivity index (χ3n) is 2.55. The molecule has 84 valence electrons. The predicted octanol–water partition coefficient (Wildman–Crippen LogP) is 3.30. The van der Waals surface area contributed by atoms with Gasteiger partial charge in [0.1, 0.15) is 0 Å². The van der Waals surface area contributed by atoms with Crippen LogP contribution in [0.1, 0.15) is 29.1 Å². The zero-order valence-electron chi connectivity index (χ0n) is 9.60. The molecule has 0 aliphatic rings. The smallest absolute Gasteiger partial charge is 0.0388 e. The van der Waals surface area contributed by atoms with Crippen molar-refractivity contribution in [2.75, 3.05) is 0 Å². The summed E-state index contributed by atoms with van der Waals surface area (Å²) in [6.07, 6.45) is 1.93. The van der Waals surface area contributed by atoms with Crippen molar-refractivity contribution in [3.05, 3.63) is 52.0 Å². The predicted molar refractivity (Wildman–Crippen MR) is 68.5 cm³/mol. The molecular weight excluding hydrogens is 216 g/mol. The van der Waals surface area contributed by atoms with Gasteiger partial charge in [-0.05, 0) is 36.9 Å². The fraction of sp³-hybridized carbons (Fsp3) is 0.308. The Bertz CT molecular complexity index is 420. The van der Waals surface area contributed by atoms with Gasteiger partial charge in [-0.3, -0.25) is 4.98 Å². The molecule has 0 spiro atoms. The summed E-state index contributed by atoms with van der Waals surface area (Å²) >= 11 is 1.79. The second-order valence-corrected chi connectivity index (χ2v) is 4.91. The molecule has 2 heterocycles. The number of nitrogens with zero attached hydrogens (tertiary/aromatic N) is 1. The first-order chi connectivity index (χ1) is 7.75. The Balaban J connectivity index is 1.90. The van der Waals surface area contributed by atoms with Crippen molar-refractivity contribution in [3.63, 3.8) is 0 Å². The van der Waals surface area contributed by atoms with Gasteiger partial charge in [-0.15, -0.1) is 11.3 Å². The highest BCUT2D eigenvalue weighted by Gasteiger charge is 2.05. The Labute approximate surface area is 100 Å². The number of hydrogen-bond acceptors (Lipinski definition) is 3. The van der Waals surface area contributed by atoms with Crippen LogP contribution in [-0.2, 0) is 6.54 Å². The van der Waals surface area contributed by atoms with Gasteiger partial charge < -0.3 is 5.32 Å². The van der Waals surface area contributed by atoms with Gasteiger partial charge >= 0.3 is 0 Å². The van der Waals surface area contributed by atoms with Crippen LogP contribution in [0.15, 0.2) is 35.8 Å². The van der Waals surface area contributed by atoms with Gasteiger partial charge in [0.2, 0.25) is 0 Å². The summed E-state index contributed by atoms with van der Waals surface area (Å²) in [6.45, 7) is 5.06. The number of aromatic nitrogens is 1. The quantitative estimate of drug-likeness (QED) is 0.875. The fourth-order valence-corrected chi connectivity index (χ4v) is 2.27. The van der Waals surface area contributed by atoms with Crippen molar-refractivity contribution >= 4 is 11.3 Å². The topological polar surface area (TPSA) is 24.9 Å². The SMILES string of the molecule is Cc1ccc(CNC(C)c2cccs2)cn1. The van der Waals surface area contributed by atoms with Gasteiger partial charge in [0, 0.05) is 29.4 Å². The fourth-order valence-electron chi connectivity index (χ4n) is 1.51. The number of rotatable bonds is 4. The van der Waals surface area contributed by atoms with Crippen LogP contribution < -0.4 is 5.32 Å². The number of thiophene rings is 1. The average Bonchev–Trinajstić information content (AvgIpc) is 2.81. The molecule has 2 aromatic rings. The Morgan fingerprint density at radius 1 is 1.38 bits per heavy atom. The van der Waals surface area contributed by atoms with Gasteiger partial charge in [0.05, 0.1) is 0 Å². The van der Waals surface area contributed by atoms with Crippen molar-refractivity contribution < 1.29 is 0 Å². The van der Waals surface area contributed by atoms with E-state index in [0.29, 0.717) is 6.04 Å². The molecule has 3 heteroatoms. The molecule has 0 aliphatic carbocycles. The normalized spacial score (nSPS) is 12.6. The molecule has 0 amide bonds. The standard InChI is InChI=1S/C13H16N2S/c1-10-5-6-12(8-14-10)9-15-11(2)13-4-3-7-16-13/h3-8,11,15H,9H2,1-2H3. The summed E-state index contributed by atoms with van der Waals surface area (Å²) in [6, 6.07) is 8.83. The number of aryl methyl sites for hydroxylation is 1. The lowest BCUT2D eigenvalue weighted by Crippen LogP contribution is -2.17. The molecular formula is C13H16N2S. The van der Waals surface area contributed by atoms with Gasteiger partial charge in [0.15, 0.2) is 0 Å². The van der Waals surface area contributed by atoms with E-state index in [9.17, 15) is 0 Å². The monoisotopic (exact) mass is 232 g/mol. The molecule has 16 heavy (non-hydrogen) atoms. The molecule has 0 radical (unpaired) electrons. The lowest BCUT2D eigenvalue weighted by Gasteiger charge is -2.11. The zero-order valence-corrected chi connectivity index (χ0v) is 10.4. The first-order valence-corrected chi connectivity index (χ1v) is 6.32. The molecule has 2 nitrogen and oxygen atoms in total. The molecule has 1 atom stereocenters. The van der Waals surface area contributed by atoms with Crippen LogP contribution >= 0.6 is 11.3 Å². The van der Waals surface area contributed by atoms with Crippen molar-refractivity contribution in [3.8, 4) is 0 Å². The van der Waals surface area contributed by atoms with E-state index in [4.69, 9.17) is 0 Å². The molecule has 0 aliphatic heterocycles. The van der Waals surface area contributed by atoms with Crippen LogP contribution in [0.5, 0.6) is 0 Å². The van der Waals surface area contributed by atoms with Gasteiger partial charge in [-0.25, -0.2) is 0 Å². The third-order valence-corrected chi connectivity index (χ3v) is 3.61. The van der Waals surface area contributed by atoms with E-state index in [0.717, 1.165) is 12.2 Å². The Hall–Kier alpha value is -1.19. The zero-order chi connectivity index (χ0) is 11.4. The summed E-state index contributed by atoms with van der Waals surface area (Å²) in [5.74, 6) is 0. The van der Waals surface area contributed by atoms with Crippen molar-refractivity contribution in [2.24, 2.45) is 0 Å². The highest BCUT2D eigenvalue weighted by molar-refractivity contribution is 7.10. The molecule has 2 rings (SSSR count). The van der Waals surface area contributed by atoms with Crippen LogP contribution in [-0.4, -0.2) is 4.98 Å². The van der Waals surface area contributed by atoms with Gasteiger partial charge in [0.25, 0.3) is 0 Å². The number of nitrogens with one attached hydrogen (secondary N) is 1. The summed E-state index contributed by atoms with van der Waals surface area (Å²) < 4.78 is 0. The van der Waals surface area contributed by atoms with Crippen LogP contribution in [0.4, 0.5) is 0 Å². The summed E-state index contributed by atoms with van der Waals surface area (Å²) in [4.78, 5) is 5.66. The Kier molecular flexibility index (Phi) is 3.70. The highest BCUT2D eigenvalue weighted by atomic mass is 32.1. The van der Waals surface area contributed by atoms with E-state index in [-0.39, 0.29) is 0 Å². The van der Waals surface area contributed by atoms with Crippen molar-refractivity contribution in [2.45, 2.75) is 26.4 Å². The highest BCUT2D eigenvalue weighted by Crippen LogP contribution is 2.18. The van der Waals surface area contributed by atoms with E-state index < -0.39 is 0 Å². The minimum absolute atomic E-state index is 0.404. The van der Waals surface area contributed by atoms with E-state index in [2.05, 4.69) is 40.8 Å². The maximum Gasteiger partial charge on any atom is 0.0388 e. The minimum Gasteiger partial charge on any atom is -0.305 e. The third kappa shape index (κ3) is 2.90. The van der Waals surface area contributed by atoms with Crippen LogP contribution in [0.3, 0.4) is 0 Å². The second kappa shape index (κ2) is 5.23. The molecule has 1 unspecified atom stereocenters.